The van der Waals surface area contributed by atoms with Crippen LogP contribution in [0.1, 0.15) is 32.2 Å². The Hall–Kier alpha value is -0.390. The number of aliphatic hydroxyl groups excluding tert-OH is 1. The molecule has 0 spiro atoms. The van der Waals surface area contributed by atoms with Crippen molar-refractivity contribution in [1.29, 1.82) is 0 Å². The smallest absolute Gasteiger partial charge is 0.0829 e. The zero-order valence-electron chi connectivity index (χ0n) is 11.1. The summed E-state index contributed by atoms with van der Waals surface area (Å²) in [6.45, 7) is 8.20. The summed E-state index contributed by atoms with van der Waals surface area (Å²) in [5.41, 5.74) is 1.71. The largest absolute Gasteiger partial charge is 0.390 e. The van der Waals surface area contributed by atoms with E-state index >= 15 is 0 Å². The molecule has 0 aromatic carbocycles. The van der Waals surface area contributed by atoms with Crippen LogP contribution in [0.5, 0.6) is 0 Å². The summed E-state index contributed by atoms with van der Waals surface area (Å²) in [6.07, 6.45) is 0.0221. The maximum absolute atomic E-state index is 9.94. The van der Waals surface area contributed by atoms with E-state index in [0.29, 0.717) is 13.0 Å². The highest BCUT2D eigenvalue weighted by molar-refractivity contribution is 9.10. The molecule has 17 heavy (non-hydrogen) atoms. The molecule has 1 rings (SSSR count). The quantitative estimate of drug-likeness (QED) is 0.928. The molecular weight excluding hydrogens is 284 g/mol. The lowest BCUT2D eigenvalue weighted by molar-refractivity contribution is -0.0486. The Morgan fingerprint density at radius 3 is 2.47 bits per heavy atom. The number of ether oxygens (including phenoxy) is 1. The van der Waals surface area contributed by atoms with Crippen LogP contribution in [0.2, 0.25) is 0 Å². The molecule has 0 aliphatic heterocycles. The van der Waals surface area contributed by atoms with E-state index in [9.17, 15) is 5.11 Å². The number of rotatable bonds is 4. The molecule has 1 aromatic rings. The fourth-order valence-electron chi connectivity index (χ4n) is 1.53. The van der Waals surface area contributed by atoms with Crippen LogP contribution in [0.15, 0.2) is 4.47 Å². The van der Waals surface area contributed by atoms with Gasteiger partial charge in [-0.25, -0.2) is 0 Å². The van der Waals surface area contributed by atoms with Gasteiger partial charge in [0, 0.05) is 13.5 Å². The van der Waals surface area contributed by atoms with Crippen LogP contribution in [-0.4, -0.2) is 33.2 Å². The molecule has 1 heterocycles. The monoisotopic (exact) mass is 304 g/mol. The first-order valence-corrected chi connectivity index (χ1v) is 6.50. The third-order valence-electron chi connectivity index (χ3n) is 2.40. The highest BCUT2D eigenvalue weighted by atomic mass is 79.9. The molecule has 1 aromatic heterocycles. The standard InChI is InChI=1S/C12H21BrN2O2/c1-8-11(13)10(15(5)14-8)6-9(16)7-17-12(2,3)4/h9,16H,6-7H2,1-5H3. The molecule has 4 nitrogen and oxygen atoms in total. The Kier molecular flexibility index (Phi) is 4.75. The van der Waals surface area contributed by atoms with E-state index < -0.39 is 6.10 Å². The predicted molar refractivity (Wildman–Crippen MR) is 71.1 cm³/mol. The number of aliphatic hydroxyl groups is 1. The van der Waals surface area contributed by atoms with Gasteiger partial charge in [0.1, 0.15) is 0 Å². The van der Waals surface area contributed by atoms with Gasteiger partial charge in [-0.3, -0.25) is 4.68 Å². The molecule has 1 N–H and O–H groups in total. The molecule has 0 saturated carbocycles. The Balaban J connectivity index is 2.59. The molecule has 98 valence electrons. The molecule has 1 unspecified atom stereocenters. The van der Waals surface area contributed by atoms with Gasteiger partial charge in [0.15, 0.2) is 0 Å². The van der Waals surface area contributed by atoms with Gasteiger partial charge in [-0.1, -0.05) is 0 Å². The lowest BCUT2D eigenvalue weighted by atomic mass is 10.1. The lowest BCUT2D eigenvalue weighted by Gasteiger charge is -2.22. The molecule has 0 aliphatic rings. The van der Waals surface area contributed by atoms with Crippen LogP contribution in [0, 0.1) is 6.92 Å². The topological polar surface area (TPSA) is 47.3 Å². The number of hydrogen-bond acceptors (Lipinski definition) is 3. The minimum Gasteiger partial charge on any atom is -0.390 e. The first-order chi connectivity index (χ1) is 7.70. The Morgan fingerprint density at radius 1 is 1.47 bits per heavy atom. The third-order valence-corrected chi connectivity index (χ3v) is 3.43. The number of nitrogens with zero attached hydrogens (tertiary/aromatic N) is 2. The highest BCUT2D eigenvalue weighted by Gasteiger charge is 2.18. The maximum atomic E-state index is 9.94. The minimum absolute atomic E-state index is 0.222. The van der Waals surface area contributed by atoms with Gasteiger partial charge in [0.2, 0.25) is 0 Å². The maximum Gasteiger partial charge on any atom is 0.0829 e. The van der Waals surface area contributed by atoms with Crippen molar-refractivity contribution in [3.8, 4) is 0 Å². The summed E-state index contributed by atoms with van der Waals surface area (Å²) in [4.78, 5) is 0. The first kappa shape index (κ1) is 14.7. The summed E-state index contributed by atoms with van der Waals surface area (Å²) in [5, 5.41) is 14.2. The van der Waals surface area contributed by atoms with Gasteiger partial charge >= 0.3 is 0 Å². The zero-order chi connectivity index (χ0) is 13.2. The van der Waals surface area contributed by atoms with Crippen LogP contribution in [-0.2, 0) is 18.2 Å². The SMILES string of the molecule is Cc1nn(C)c(CC(O)COC(C)(C)C)c1Br. The van der Waals surface area contributed by atoms with E-state index in [0.717, 1.165) is 15.9 Å². The average molecular weight is 305 g/mol. The second-order valence-electron chi connectivity index (χ2n) is 5.25. The number of halogens is 1. The van der Waals surface area contributed by atoms with Crippen LogP contribution in [0.3, 0.4) is 0 Å². The Morgan fingerprint density at radius 2 is 2.06 bits per heavy atom. The van der Waals surface area contributed by atoms with Crippen molar-refractivity contribution in [2.75, 3.05) is 6.61 Å². The number of aryl methyl sites for hydroxylation is 2. The average Bonchev–Trinajstić information content (AvgIpc) is 2.41. The van der Waals surface area contributed by atoms with Crippen LogP contribution in [0.4, 0.5) is 0 Å². The van der Waals surface area contributed by atoms with E-state index in [-0.39, 0.29) is 5.60 Å². The predicted octanol–water partition coefficient (Wildman–Crippen LogP) is 2.21. The van der Waals surface area contributed by atoms with E-state index in [1.165, 1.54) is 0 Å². The normalized spacial score (nSPS) is 14.1. The highest BCUT2D eigenvalue weighted by Crippen LogP contribution is 2.21. The van der Waals surface area contributed by atoms with E-state index in [1.807, 2.05) is 34.7 Å². The van der Waals surface area contributed by atoms with Crippen molar-refractivity contribution in [3.05, 3.63) is 15.9 Å². The summed E-state index contributed by atoms with van der Waals surface area (Å²) < 4.78 is 8.31. The molecule has 1 atom stereocenters. The van der Waals surface area contributed by atoms with Gasteiger partial charge in [0.25, 0.3) is 0 Å². The molecule has 0 amide bonds. The summed E-state index contributed by atoms with van der Waals surface area (Å²) in [5.74, 6) is 0. The molecular formula is C12H21BrN2O2. The first-order valence-electron chi connectivity index (χ1n) is 5.70. The van der Waals surface area contributed by atoms with Gasteiger partial charge in [-0.05, 0) is 43.6 Å². The van der Waals surface area contributed by atoms with Crippen molar-refractivity contribution in [2.24, 2.45) is 7.05 Å². The molecule has 0 aliphatic carbocycles. The summed E-state index contributed by atoms with van der Waals surface area (Å²) in [7, 11) is 1.88. The molecule has 0 bridgehead atoms. The van der Waals surface area contributed by atoms with Crippen molar-refractivity contribution < 1.29 is 9.84 Å². The summed E-state index contributed by atoms with van der Waals surface area (Å²) >= 11 is 3.48. The summed E-state index contributed by atoms with van der Waals surface area (Å²) in [6, 6.07) is 0. The van der Waals surface area contributed by atoms with Crippen molar-refractivity contribution >= 4 is 15.9 Å². The minimum atomic E-state index is -0.514. The Bertz CT molecular complexity index is 383. The zero-order valence-corrected chi connectivity index (χ0v) is 12.7. The van der Waals surface area contributed by atoms with Crippen molar-refractivity contribution in [2.45, 2.75) is 45.8 Å². The van der Waals surface area contributed by atoms with Crippen molar-refractivity contribution in [1.82, 2.24) is 9.78 Å². The fraction of sp³-hybridized carbons (Fsp3) is 0.750. The lowest BCUT2D eigenvalue weighted by Crippen LogP contribution is -2.27. The van der Waals surface area contributed by atoms with E-state index in [2.05, 4.69) is 21.0 Å². The van der Waals surface area contributed by atoms with E-state index in [1.54, 1.807) is 4.68 Å². The number of aromatic nitrogens is 2. The van der Waals surface area contributed by atoms with Gasteiger partial charge < -0.3 is 9.84 Å². The molecule has 0 radical (unpaired) electrons. The van der Waals surface area contributed by atoms with Crippen LogP contribution in [0.25, 0.3) is 0 Å². The van der Waals surface area contributed by atoms with Gasteiger partial charge in [-0.2, -0.15) is 5.10 Å². The second-order valence-corrected chi connectivity index (χ2v) is 6.04. The van der Waals surface area contributed by atoms with Gasteiger partial charge in [0.05, 0.1) is 34.2 Å². The fourth-order valence-corrected chi connectivity index (χ4v) is 2.03. The van der Waals surface area contributed by atoms with E-state index in [4.69, 9.17) is 4.74 Å². The third kappa shape index (κ3) is 4.41. The van der Waals surface area contributed by atoms with Gasteiger partial charge in [-0.15, -0.1) is 0 Å². The Labute approximate surface area is 111 Å². The molecule has 0 fully saturated rings. The second kappa shape index (κ2) is 5.50. The van der Waals surface area contributed by atoms with Crippen LogP contribution >= 0.6 is 15.9 Å². The molecule has 5 heteroatoms. The van der Waals surface area contributed by atoms with Crippen molar-refractivity contribution in [3.63, 3.8) is 0 Å². The van der Waals surface area contributed by atoms with Crippen LogP contribution < -0.4 is 0 Å². The molecule has 0 saturated heterocycles. The number of hydrogen-bond donors (Lipinski definition) is 1.